The van der Waals surface area contributed by atoms with Crippen molar-refractivity contribution in [1.29, 1.82) is 0 Å². The second kappa shape index (κ2) is 8.71. The molecule has 2 amide bonds. The number of piperidine rings is 1. The van der Waals surface area contributed by atoms with E-state index in [9.17, 15) is 9.59 Å². The normalized spacial score (nSPS) is 17.0. The molecule has 1 fully saturated rings. The molecule has 1 saturated heterocycles. The van der Waals surface area contributed by atoms with Gasteiger partial charge in [-0.3, -0.25) is 9.59 Å². The lowest BCUT2D eigenvalue weighted by Crippen LogP contribution is -2.51. The summed E-state index contributed by atoms with van der Waals surface area (Å²) in [6.07, 6.45) is 2.48. The number of thioether (sulfide) groups is 1. The third kappa shape index (κ3) is 4.78. The van der Waals surface area contributed by atoms with Crippen LogP contribution in [-0.2, 0) is 9.59 Å². The van der Waals surface area contributed by atoms with E-state index < -0.39 is 11.9 Å². The molecule has 2 aromatic rings. The maximum absolute atomic E-state index is 12.5. The minimum Gasteiger partial charge on any atom is -0.368 e. The highest BCUT2D eigenvalue weighted by Gasteiger charge is 2.30. The first kappa shape index (κ1) is 19.6. The third-order valence-corrected chi connectivity index (χ3v) is 6.68. The number of nitrogens with two attached hydrogens (primary N) is 1. The molecule has 0 saturated carbocycles. The number of primary amides is 1. The van der Waals surface area contributed by atoms with Crippen LogP contribution in [0.25, 0.3) is 0 Å². The maximum Gasteiger partial charge on any atom is 0.240 e. The highest BCUT2D eigenvalue weighted by molar-refractivity contribution is 8.01. The monoisotopic (exact) mass is 405 g/mol. The first-order valence-corrected chi connectivity index (χ1v) is 10.6. The van der Waals surface area contributed by atoms with Crippen LogP contribution in [-0.4, -0.2) is 45.3 Å². The Morgan fingerprint density at radius 3 is 2.93 bits per heavy atom. The topological polar surface area (TPSA) is 101 Å². The minimum absolute atomic E-state index is 0.0808. The molecule has 3 N–H and O–H groups in total. The van der Waals surface area contributed by atoms with Crippen LogP contribution in [0.15, 0.2) is 22.5 Å². The average molecular weight is 406 g/mol. The van der Waals surface area contributed by atoms with Gasteiger partial charge < -0.3 is 16.0 Å². The van der Waals surface area contributed by atoms with E-state index in [-0.39, 0.29) is 11.7 Å². The van der Waals surface area contributed by atoms with E-state index in [1.165, 1.54) is 34.2 Å². The Morgan fingerprint density at radius 1 is 1.33 bits per heavy atom. The Labute approximate surface area is 166 Å². The zero-order valence-corrected chi connectivity index (χ0v) is 17.0. The number of nitrogens with one attached hydrogen (secondary N) is 1. The summed E-state index contributed by atoms with van der Waals surface area (Å²) in [5.74, 6) is -0.284. The van der Waals surface area contributed by atoms with Gasteiger partial charge in [0.1, 0.15) is 6.04 Å². The molecule has 27 heavy (non-hydrogen) atoms. The molecular formula is C18H23N5O2S2. The predicted molar refractivity (Wildman–Crippen MR) is 108 cm³/mol. The Bertz CT molecular complexity index is 839. The molecule has 0 radical (unpaired) electrons. The van der Waals surface area contributed by atoms with Crippen LogP contribution in [0, 0.1) is 13.8 Å². The maximum atomic E-state index is 12.5. The quantitative estimate of drug-likeness (QED) is 0.717. The second-order valence-corrected chi connectivity index (χ2v) is 8.74. The SMILES string of the molecule is Cc1cccc(Nc2nnc(SCC(=O)N3CCCC[C@H]3C(N)=O)s2)c1C. The molecule has 0 spiro atoms. The van der Waals surface area contributed by atoms with Gasteiger partial charge in [0.15, 0.2) is 4.34 Å². The number of benzene rings is 1. The lowest BCUT2D eigenvalue weighted by molar-refractivity contribution is -0.138. The van der Waals surface area contributed by atoms with Gasteiger partial charge in [0.05, 0.1) is 5.75 Å². The molecule has 0 bridgehead atoms. The van der Waals surface area contributed by atoms with Crippen LogP contribution < -0.4 is 11.1 Å². The smallest absolute Gasteiger partial charge is 0.240 e. The number of hydrogen-bond donors (Lipinski definition) is 2. The molecule has 1 aliphatic rings. The summed E-state index contributed by atoms with van der Waals surface area (Å²) < 4.78 is 0.712. The van der Waals surface area contributed by atoms with Gasteiger partial charge in [0.2, 0.25) is 16.9 Å². The number of amides is 2. The molecule has 7 nitrogen and oxygen atoms in total. The van der Waals surface area contributed by atoms with Gasteiger partial charge in [-0.2, -0.15) is 0 Å². The number of carbonyl (C=O) groups excluding carboxylic acids is 2. The van der Waals surface area contributed by atoms with E-state index in [1.807, 2.05) is 12.1 Å². The first-order valence-electron chi connectivity index (χ1n) is 8.84. The van der Waals surface area contributed by atoms with Crippen LogP contribution in [0.3, 0.4) is 0 Å². The summed E-state index contributed by atoms with van der Waals surface area (Å²) in [6.45, 7) is 4.71. The molecule has 1 atom stereocenters. The molecule has 1 aromatic heterocycles. The average Bonchev–Trinajstić information content (AvgIpc) is 3.11. The summed E-state index contributed by atoms with van der Waals surface area (Å²) in [6, 6.07) is 5.57. The fraction of sp³-hybridized carbons (Fsp3) is 0.444. The molecule has 0 aliphatic carbocycles. The molecular weight excluding hydrogens is 382 g/mol. The van der Waals surface area contributed by atoms with E-state index in [0.717, 1.165) is 18.5 Å². The van der Waals surface area contributed by atoms with Crippen molar-refractivity contribution in [3.8, 4) is 0 Å². The molecule has 1 aliphatic heterocycles. The largest absolute Gasteiger partial charge is 0.368 e. The van der Waals surface area contributed by atoms with E-state index in [0.29, 0.717) is 22.4 Å². The summed E-state index contributed by atoms with van der Waals surface area (Å²) in [7, 11) is 0. The summed E-state index contributed by atoms with van der Waals surface area (Å²) in [5, 5.41) is 12.3. The zero-order valence-electron chi connectivity index (χ0n) is 15.4. The van der Waals surface area contributed by atoms with E-state index >= 15 is 0 Å². The zero-order chi connectivity index (χ0) is 19.4. The number of anilines is 2. The van der Waals surface area contributed by atoms with Gasteiger partial charge in [-0.05, 0) is 50.3 Å². The van der Waals surface area contributed by atoms with Gasteiger partial charge in [0, 0.05) is 12.2 Å². The van der Waals surface area contributed by atoms with Crippen molar-refractivity contribution >= 4 is 45.7 Å². The number of nitrogens with zero attached hydrogens (tertiary/aromatic N) is 3. The van der Waals surface area contributed by atoms with Crippen LogP contribution in [0.1, 0.15) is 30.4 Å². The number of rotatable bonds is 6. The van der Waals surface area contributed by atoms with Crippen molar-refractivity contribution in [2.45, 2.75) is 43.5 Å². The fourth-order valence-electron chi connectivity index (χ4n) is 3.05. The van der Waals surface area contributed by atoms with Crippen molar-refractivity contribution in [3.63, 3.8) is 0 Å². The molecule has 2 heterocycles. The Balaban J connectivity index is 1.58. The third-order valence-electron chi connectivity index (χ3n) is 4.72. The molecule has 9 heteroatoms. The summed E-state index contributed by atoms with van der Waals surface area (Å²) in [4.78, 5) is 25.7. The van der Waals surface area contributed by atoms with Gasteiger partial charge >= 0.3 is 0 Å². The lowest BCUT2D eigenvalue weighted by atomic mass is 10.0. The Kier molecular flexibility index (Phi) is 6.33. The van der Waals surface area contributed by atoms with Crippen LogP contribution in [0.4, 0.5) is 10.8 Å². The lowest BCUT2D eigenvalue weighted by Gasteiger charge is -2.33. The first-order chi connectivity index (χ1) is 13.0. The van der Waals surface area contributed by atoms with E-state index in [2.05, 4.69) is 35.4 Å². The van der Waals surface area contributed by atoms with Crippen LogP contribution >= 0.6 is 23.1 Å². The number of carbonyl (C=O) groups is 2. The standard InChI is InChI=1S/C18H23N5O2S2/c1-11-6-5-7-13(12(11)2)20-17-21-22-18(27-17)26-10-15(24)23-9-4-3-8-14(23)16(19)25/h5-7,14H,3-4,8-10H2,1-2H3,(H2,19,25)(H,20,21)/t14-/m0/s1. The summed E-state index contributed by atoms with van der Waals surface area (Å²) >= 11 is 2.74. The number of aromatic nitrogens is 2. The highest BCUT2D eigenvalue weighted by atomic mass is 32.2. The number of aryl methyl sites for hydroxylation is 1. The molecule has 1 aromatic carbocycles. The molecule has 144 valence electrons. The number of likely N-dealkylation sites (tertiary alicyclic amines) is 1. The van der Waals surface area contributed by atoms with Gasteiger partial charge in [-0.15, -0.1) is 10.2 Å². The van der Waals surface area contributed by atoms with Gasteiger partial charge in [0.25, 0.3) is 0 Å². The van der Waals surface area contributed by atoms with Crippen molar-refractivity contribution in [1.82, 2.24) is 15.1 Å². The van der Waals surface area contributed by atoms with Crippen molar-refractivity contribution in [2.75, 3.05) is 17.6 Å². The highest BCUT2D eigenvalue weighted by Crippen LogP contribution is 2.30. The van der Waals surface area contributed by atoms with E-state index in [1.54, 1.807) is 4.90 Å². The minimum atomic E-state index is -0.484. The van der Waals surface area contributed by atoms with Crippen LogP contribution in [0.2, 0.25) is 0 Å². The van der Waals surface area contributed by atoms with Gasteiger partial charge in [-0.1, -0.05) is 35.2 Å². The summed E-state index contributed by atoms with van der Waals surface area (Å²) in [5.41, 5.74) is 8.80. The molecule has 0 unspecified atom stereocenters. The fourth-order valence-corrected chi connectivity index (χ4v) is 4.70. The Morgan fingerprint density at radius 2 is 2.15 bits per heavy atom. The van der Waals surface area contributed by atoms with Crippen LogP contribution in [0.5, 0.6) is 0 Å². The van der Waals surface area contributed by atoms with E-state index in [4.69, 9.17) is 5.73 Å². The van der Waals surface area contributed by atoms with Crippen molar-refractivity contribution in [3.05, 3.63) is 29.3 Å². The number of hydrogen-bond acceptors (Lipinski definition) is 7. The second-order valence-electron chi connectivity index (χ2n) is 6.54. The Hall–Kier alpha value is -2.13. The predicted octanol–water partition coefficient (Wildman–Crippen LogP) is 2.86. The van der Waals surface area contributed by atoms with Crippen molar-refractivity contribution in [2.24, 2.45) is 5.73 Å². The van der Waals surface area contributed by atoms with Gasteiger partial charge in [-0.25, -0.2) is 0 Å². The molecule has 3 rings (SSSR count). The van der Waals surface area contributed by atoms with Crippen molar-refractivity contribution < 1.29 is 9.59 Å².